The largest absolute Gasteiger partial charge is 0.316 e. The average molecular weight is 166 g/mol. The first-order valence-electron chi connectivity index (χ1n) is 3.56. The van der Waals surface area contributed by atoms with Crippen LogP contribution in [0, 0.1) is 5.41 Å². The first kappa shape index (κ1) is 10.2. The lowest BCUT2D eigenvalue weighted by atomic mass is 9.95. The van der Waals surface area contributed by atoms with Gasteiger partial charge in [-0.1, -0.05) is 20.8 Å². The number of halogens is 1. The summed E-state index contributed by atoms with van der Waals surface area (Å²) in [6.07, 6.45) is 0. The lowest BCUT2D eigenvalue weighted by Crippen LogP contribution is -2.32. The van der Waals surface area contributed by atoms with Crippen LogP contribution in [0.15, 0.2) is 0 Å². The van der Waals surface area contributed by atoms with Crippen molar-refractivity contribution in [1.82, 2.24) is 5.32 Å². The van der Waals surface area contributed by atoms with Gasteiger partial charge in [0, 0.05) is 12.0 Å². The molecule has 0 rings (SSSR count). The third-order valence-corrected chi connectivity index (χ3v) is 1.41. The van der Waals surface area contributed by atoms with E-state index in [0.717, 1.165) is 13.1 Å². The first-order valence-corrected chi connectivity index (χ1v) is 3.87. The SMILES string of the molecule is CCNCC(C)(C)COCl. The molecule has 0 bridgehead atoms. The van der Waals surface area contributed by atoms with Crippen molar-refractivity contribution >= 4 is 11.9 Å². The van der Waals surface area contributed by atoms with E-state index in [9.17, 15) is 0 Å². The fraction of sp³-hybridized carbons (Fsp3) is 1.00. The maximum Gasteiger partial charge on any atom is 0.0745 e. The zero-order valence-corrected chi connectivity index (χ0v) is 7.66. The minimum atomic E-state index is 0.137. The average Bonchev–Trinajstić information content (AvgIpc) is 1.84. The van der Waals surface area contributed by atoms with Crippen molar-refractivity contribution in [2.45, 2.75) is 20.8 Å². The van der Waals surface area contributed by atoms with Gasteiger partial charge in [0.15, 0.2) is 0 Å². The van der Waals surface area contributed by atoms with Gasteiger partial charge in [-0.25, -0.2) is 0 Å². The Bertz CT molecular complexity index is 85.7. The van der Waals surface area contributed by atoms with Crippen LogP contribution in [-0.4, -0.2) is 19.7 Å². The Morgan fingerprint density at radius 2 is 2.10 bits per heavy atom. The van der Waals surface area contributed by atoms with Crippen LogP contribution in [-0.2, 0) is 4.29 Å². The van der Waals surface area contributed by atoms with Crippen LogP contribution >= 0.6 is 11.9 Å². The van der Waals surface area contributed by atoms with Crippen LogP contribution in [0.25, 0.3) is 0 Å². The Morgan fingerprint density at radius 3 is 2.50 bits per heavy atom. The molecule has 0 amide bonds. The highest BCUT2D eigenvalue weighted by atomic mass is 35.5. The van der Waals surface area contributed by atoms with E-state index in [1.807, 2.05) is 0 Å². The van der Waals surface area contributed by atoms with Crippen molar-refractivity contribution in [1.29, 1.82) is 0 Å². The summed E-state index contributed by atoms with van der Waals surface area (Å²) in [6.45, 7) is 8.82. The van der Waals surface area contributed by atoms with Crippen LogP contribution in [0.2, 0.25) is 0 Å². The van der Waals surface area contributed by atoms with E-state index in [1.165, 1.54) is 0 Å². The highest BCUT2D eigenvalue weighted by Crippen LogP contribution is 2.14. The summed E-state index contributed by atoms with van der Waals surface area (Å²) >= 11 is 5.14. The van der Waals surface area contributed by atoms with Crippen LogP contribution in [0.4, 0.5) is 0 Å². The molecule has 0 aromatic rings. The van der Waals surface area contributed by atoms with Crippen LogP contribution in [0.5, 0.6) is 0 Å². The summed E-state index contributed by atoms with van der Waals surface area (Å²) in [5, 5.41) is 3.23. The minimum Gasteiger partial charge on any atom is -0.316 e. The van der Waals surface area contributed by atoms with Crippen LogP contribution < -0.4 is 5.32 Å². The molecule has 0 unspecified atom stereocenters. The molecule has 0 heterocycles. The van der Waals surface area contributed by atoms with Gasteiger partial charge >= 0.3 is 0 Å². The second-order valence-electron chi connectivity index (χ2n) is 3.20. The predicted molar refractivity (Wildman–Crippen MR) is 44.1 cm³/mol. The van der Waals surface area contributed by atoms with E-state index >= 15 is 0 Å². The monoisotopic (exact) mass is 165 g/mol. The summed E-state index contributed by atoms with van der Waals surface area (Å²) in [4.78, 5) is 0. The Hall–Kier alpha value is 0.210. The molecular formula is C7H16ClNO. The van der Waals surface area contributed by atoms with Gasteiger partial charge in [0.2, 0.25) is 0 Å². The molecule has 62 valence electrons. The molecule has 0 atom stereocenters. The molecule has 0 radical (unpaired) electrons. The fourth-order valence-corrected chi connectivity index (χ4v) is 0.957. The number of rotatable bonds is 5. The fourth-order valence-electron chi connectivity index (χ4n) is 0.662. The van der Waals surface area contributed by atoms with Crippen molar-refractivity contribution in [2.75, 3.05) is 19.7 Å². The van der Waals surface area contributed by atoms with Crippen molar-refractivity contribution in [3.05, 3.63) is 0 Å². The lowest BCUT2D eigenvalue weighted by molar-refractivity contribution is 0.191. The zero-order valence-electron chi connectivity index (χ0n) is 6.91. The van der Waals surface area contributed by atoms with E-state index in [0.29, 0.717) is 6.61 Å². The number of hydrogen-bond donors (Lipinski definition) is 1. The Kier molecular flexibility index (Phi) is 5.04. The summed E-state index contributed by atoms with van der Waals surface area (Å²) in [7, 11) is 0. The summed E-state index contributed by atoms with van der Waals surface area (Å²) in [5.74, 6) is 0. The van der Waals surface area contributed by atoms with Crippen LogP contribution in [0.1, 0.15) is 20.8 Å². The van der Waals surface area contributed by atoms with E-state index in [1.54, 1.807) is 0 Å². The van der Waals surface area contributed by atoms with Gasteiger partial charge in [-0.2, -0.15) is 0 Å². The molecule has 1 N–H and O–H groups in total. The maximum atomic E-state index is 5.14. The molecule has 0 spiro atoms. The van der Waals surface area contributed by atoms with Gasteiger partial charge in [-0.3, -0.25) is 4.29 Å². The van der Waals surface area contributed by atoms with Crippen molar-refractivity contribution in [2.24, 2.45) is 5.41 Å². The molecule has 0 aliphatic rings. The Morgan fingerprint density at radius 1 is 1.50 bits per heavy atom. The van der Waals surface area contributed by atoms with Crippen molar-refractivity contribution in [3.63, 3.8) is 0 Å². The summed E-state index contributed by atoms with van der Waals surface area (Å²) in [5.41, 5.74) is 0.137. The normalized spacial score (nSPS) is 12.0. The third kappa shape index (κ3) is 5.03. The van der Waals surface area contributed by atoms with Crippen molar-refractivity contribution in [3.8, 4) is 0 Å². The molecule has 0 fully saturated rings. The second kappa shape index (κ2) is 4.94. The maximum absolute atomic E-state index is 5.14. The Labute approximate surface area is 68.1 Å². The molecule has 0 aliphatic carbocycles. The topological polar surface area (TPSA) is 21.3 Å². The third-order valence-electron chi connectivity index (χ3n) is 1.30. The van der Waals surface area contributed by atoms with Crippen LogP contribution in [0.3, 0.4) is 0 Å². The second-order valence-corrected chi connectivity index (χ2v) is 3.42. The molecule has 0 aliphatic heterocycles. The standard InChI is InChI=1S/C7H16ClNO/c1-4-9-5-7(2,3)6-10-8/h9H,4-6H2,1-3H3. The van der Waals surface area contributed by atoms with Gasteiger partial charge < -0.3 is 5.32 Å². The van der Waals surface area contributed by atoms with Crippen molar-refractivity contribution < 1.29 is 4.29 Å². The van der Waals surface area contributed by atoms with E-state index in [2.05, 4.69) is 30.4 Å². The van der Waals surface area contributed by atoms with Gasteiger partial charge in [-0.15, -0.1) is 0 Å². The van der Waals surface area contributed by atoms with E-state index in [-0.39, 0.29) is 5.41 Å². The highest BCUT2D eigenvalue weighted by molar-refractivity contribution is 6.07. The quantitative estimate of drug-likeness (QED) is 0.671. The number of hydrogen-bond acceptors (Lipinski definition) is 2. The van der Waals surface area contributed by atoms with Gasteiger partial charge in [-0.05, 0) is 6.54 Å². The lowest BCUT2D eigenvalue weighted by Gasteiger charge is -2.22. The molecule has 0 saturated heterocycles. The highest BCUT2D eigenvalue weighted by Gasteiger charge is 2.16. The zero-order chi connectivity index (χ0) is 8.04. The Balaban J connectivity index is 3.42. The summed E-state index contributed by atoms with van der Waals surface area (Å²) < 4.78 is 4.54. The molecule has 3 heteroatoms. The molecule has 0 aromatic heterocycles. The minimum absolute atomic E-state index is 0.137. The predicted octanol–water partition coefficient (Wildman–Crippen LogP) is 1.79. The number of nitrogens with one attached hydrogen (secondary N) is 1. The van der Waals surface area contributed by atoms with E-state index in [4.69, 9.17) is 11.9 Å². The van der Waals surface area contributed by atoms with E-state index < -0.39 is 0 Å². The summed E-state index contributed by atoms with van der Waals surface area (Å²) in [6, 6.07) is 0. The smallest absolute Gasteiger partial charge is 0.0745 e. The molecular weight excluding hydrogens is 150 g/mol. The molecule has 2 nitrogen and oxygen atoms in total. The molecule has 0 aromatic carbocycles. The molecule has 10 heavy (non-hydrogen) atoms. The molecule has 0 saturated carbocycles. The van der Waals surface area contributed by atoms with Gasteiger partial charge in [0.25, 0.3) is 0 Å². The first-order chi connectivity index (χ1) is 4.62. The van der Waals surface area contributed by atoms with Gasteiger partial charge in [0.05, 0.1) is 18.5 Å². The van der Waals surface area contributed by atoms with Gasteiger partial charge in [0.1, 0.15) is 0 Å².